The van der Waals surface area contributed by atoms with Crippen molar-refractivity contribution in [3.8, 4) is 5.75 Å². The Hall–Kier alpha value is -0.830. The lowest BCUT2D eigenvalue weighted by atomic mass is 9.71. The highest BCUT2D eigenvalue weighted by molar-refractivity contribution is 9.09. The highest BCUT2D eigenvalue weighted by Crippen LogP contribution is 2.42. The number of alkyl halides is 1. The van der Waals surface area contributed by atoms with Crippen LogP contribution in [0.1, 0.15) is 48.0 Å². The molecule has 1 fully saturated rings. The van der Waals surface area contributed by atoms with E-state index in [1.807, 2.05) is 12.1 Å². The van der Waals surface area contributed by atoms with Crippen LogP contribution < -0.4 is 4.74 Å². The Morgan fingerprint density at radius 2 is 2.05 bits per heavy atom. The minimum absolute atomic E-state index is 0.281. The van der Waals surface area contributed by atoms with Crippen LogP contribution in [0, 0.1) is 5.41 Å². The molecule has 102 valence electrons. The molecular weight excluding hydrogens is 304 g/mol. The number of benzene rings is 1. The molecule has 0 atom stereocenters. The maximum absolute atomic E-state index is 11.8. The molecule has 0 aromatic heterocycles. The molecule has 0 bridgehead atoms. The number of carbonyl (C=O) groups is 1. The quantitative estimate of drug-likeness (QED) is 0.778. The fraction of sp³-hybridized carbons (Fsp3) is 0.562. The number of aryl methyl sites for hydroxylation is 1. The molecule has 0 heterocycles. The smallest absolute Gasteiger partial charge is 0.163 e. The number of fused-ring (bicyclic) bond motifs is 1. The molecule has 0 amide bonds. The molecule has 3 heteroatoms. The summed E-state index contributed by atoms with van der Waals surface area (Å²) in [5.41, 5.74) is 2.40. The lowest BCUT2D eigenvalue weighted by Gasteiger charge is -2.40. The van der Waals surface area contributed by atoms with E-state index in [0.717, 1.165) is 41.7 Å². The average molecular weight is 323 g/mol. The maximum Gasteiger partial charge on any atom is 0.163 e. The van der Waals surface area contributed by atoms with E-state index in [2.05, 4.69) is 22.0 Å². The van der Waals surface area contributed by atoms with Gasteiger partial charge in [0.25, 0.3) is 0 Å². The number of rotatable bonds is 4. The Balaban J connectivity index is 1.70. The molecule has 0 N–H and O–H groups in total. The summed E-state index contributed by atoms with van der Waals surface area (Å²) in [5, 5.41) is 1.02. The Labute approximate surface area is 122 Å². The van der Waals surface area contributed by atoms with E-state index < -0.39 is 0 Å². The largest absolute Gasteiger partial charge is 0.493 e. The van der Waals surface area contributed by atoms with Gasteiger partial charge in [-0.15, -0.1) is 0 Å². The first kappa shape index (κ1) is 13.2. The third-order valence-electron chi connectivity index (χ3n) is 4.47. The van der Waals surface area contributed by atoms with Gasteiger partial charge in [-0.2, -0.15) is 0 Å². The molecule has 2 aliphatic carbocycles. The van der Waals surface area contributed by atoms with Crippen LogP contribution in [-0.4, -0.2) is 17.7 Å². The van der Waals surface area contributed by atoms with Crippen molar-refractivity contribution in [1.82, 2.24) is 0 Å². The van der Waals surface area contributed by atoms with Crippen LogP contribution in [0.5, 0.6) is 5.75 Å². The fourth-order valence-corrected chi connectivity index (χ4v) is 3.67. The summed E-state index contributed by atoms with van der Waals surface area (Å²) in [6.07, 6.45) is 6.49. The van der Waals surface area contributed by atoms with Gasteiger partial charge in [-0.25, -0.2) is 0 Å². The van der Waals surface area contributed by atoms with Gasteiger partial charge < -0.3 is 4.74 Å². The zero-order valence-electron chi connectivity index (χ0n) is 11.1. The van der Waals surface area contributed by atoms with Crippen LogP contribution in [0.15, 0.2) is 18.2 Å². The number of halogens is 1. The van der Waals surface area contributed by atoms with Crippen molar-refractivity contribution in [2.75, 3.05) is 11.9 Å². The zero-order chi connectivity index (χ0) is 13.3. The number of hydrogen-bond acceptors (Lipinski definition) is 2. The predicted molar refractivity (Wildman–Crippen MR) is 79.3 cm³/mol. The van der Waals surface area contributed by atoms with Crippen LogP contribution in [0.3, 0.4) is 0 Å². The molecular formula is C16H19BrO2. The Morgan fingerprint density at radius 3 is 2.74 bits per heavy atom. The zero-order valence-corrected chi connectivity index (χ0v) is 12.7. The monoisotopic (exact) mass is 322 g/mol. The van der Waals surface area contributed by atoms with Gasteiger partial charge in [-0.1, -0.05) is 22.4 Å². The van der Waals surface area contributed by atoms with E-state index in [1.165, 1.54) is 19.3 Å². The molecule has 0 aliphatic heterocycles. The molecule has 1 saturated carbocycles. The molecule has 19 heavy (non-hydrogen) atoms. The Morgan fingerprint density at radius 1 is 1.21 bits per heavy atom. The van der Waals surface area contributed by atoms with Gasteiger partial charge >= 0.3 is 0 Å². The van der Waals surface area contributed by atoms with Gasteiger partial charge in [-0.05, 0) is 49.4 Å². The van der Waals surface area contributed by atoms with Crippen LogP contribution in [0.25, 0.3) is 0 Å². The summed E-state index contributed by atoms with van der Waals surface area (Å²) in [4.78, 5) is 11.8. The van der Waals surface area contributed by atoms with Gasteiger partial charge in [0.1, 0.15) is 5.75 Å². The normalized spacial score (nSPS) is 20.6. The van der Waals surface area contributed by atoms with Crippen LogP contribution in [0.2, 0.25) is 0 Å². The minimum atomic E-state index is 0.281. The third-order valence-corrected chi connectivity index (χ3v) is 5.66. The molecule has 2 nitrogen and oxygen atoms in total. The molecule has 0 saturated heterocycles. The Kier molecular flexibility index (Phi) is 3.66. The van der Waals surface area contributed by atoms with Crippen molar-refractivity contribution in [1.29, 1.82) is 0 Å². The second kappa shape index (κ2) is 5.28. The lowest BCUT2D eigenvalue weighted by molar-refractivity contribution is 0.0837. The number of hydrogen-bond donors (Lipinski definition) is 0. The second-order valence-electron chi connectivity index (χ2n) is 5.87. The van der Waals surface area contributed by atoms with E-state index in [0.29, 0.717) is 11.8 Å². The molecule has 0 radical (unpaired) electrons. The highest BCUT2D eigenvalue weighted by Gasteiger charge is 2.36. The summed E-state index contributed by atoms with van der Waals surface area (Å²) in [7, 11) is 0. The van der Waals surface area contributed by atoms with E-state index in [9.17, 15) is 4.79 Å². The molecule has 0 spiro atoms. The van der Waals surface area contributed by atoms with Crippen molar-refractivity contribution in [3.05, 3.63) is 29.3 Å². The molecule has 2 aliphatic rings. The first-order chi connectivity index (χ1) is 9.22. The minimum Gasteiger partial charge on any atom is -0.493 e. The highest BCUT2D eigenvalue weighted by atomic mass is 79.9. The molecule has 1 aromatic carbocycles. The van der Waals surface area contributed by atoms with E-state index >= 15 is 0 Å². The number of Topliss-reactive ketones (excluding diaryl/α,β-unsaturated/α-hetero) is 1. The van der Waals surface area contributed by atoms with Crippen LogP contribution >= 0.6 is 15.9 Å². The summed E-state index contributed by atoms with van der Waals surface area (Å²) >= 11 is 3.60. The van der Waals surface area contributed by atoms with Crippen LogP contribution in [-0.2, 0) is 6.42 Å². The van der Waals surface area contributed by atoms with Gasteiger partial charge in [-0.3, -0.25) is 4.79 Å². The van der Waals surface area contributed by atoms with Crippen molar-refractivity contribution in [3.63, 3.8) is 0 Å². The fourth-order valence-electron chi connectivity index (χ4n) is 2.94. The summed E-state index contributed by atoms with van der Waals surface area (Å²) in [6, 6.07) is 5.95. The molecule has 3 rings (SSSR count). The maximum atomic E-state index is 11.8. The van der Waals surface area contributed by atoms with Crippen molar-refractivity contribution < 1.29 is 9.53 Å². The summed E-state index contributed by atoms with van der Waals surface area (Å²) in [6.45, 7) is 0.783. The second-order valence-corrected chi connectivity index (χ2v) is 6.43. The van der Waals surface area contributed by atoms with Gasteiger partial charge in [0.2, 0.25) is 0 Å². The molecule has 0 unspecified atom stereocenters. The topological polar surface area (TPSA) is 26.3 Å². The van der Waals surface area contributed by atoms with E-state index in [-0.39, 0.29) is 5.78 Å². The van der Waals surface area contributed by atoms with E-state index in [4.69, 9.17) is 4.74 Å². The first-order valence-corrected chi connectivity index (χ1v) is 8.20. The first-order valence-electron chi connectivity index (χ1n) is 7.07. The predicted octanol–water partition coefficient (Wildman–Crippen LogP) is 4.15. The van der Waals surface area contributed by atoms with Crippen molar-refractivity contribution >= 4 is 21.7 Å². The molecule has 1 aromatic rings. The lowest BCUT2D eigenvalue weighted by Crippen LogP contribution is -2.37. The average Bonchev–Trinajstić information content (AvgIpc) is 2.38. The number of carbonyl (C=O) groups excluding carboxylic acids is 1. The summed E-state index contributed by atoms with van der Waals surface area (Å²) in [5.74, 6) is 1.20. The third kappa shape index (κ3) is 2.58. The Bertz CT molecular complexity index is 486. The summed E-state index contributed by atoms with van der Waals surface area (Å²) < 4.78 is 5.96. The standard InChI is InChI=1S/C16H19BrO2/c17-10-16(7-2-8-16)11-19-13-5-6-14-12(9-13)3-1-4-15(14)18/h5-6,9H,1-4,7-8,10-11H2. The number of ether oxygens (including phenoxy) is 1. The number of ketones is 1. The SMILES string of the molecule is O=C1CCCc2cc(OCC3(CBr)CCC3)ccc21. The van der Waals surface area contributed by atoms with Crippen molar-refractivity contribution in [2.45, 2.75) is 38.5 Å². The van der Waals surface area contributed by atoms with E-state index in [1.54, 1.807) is 0 Å². The van der Waals surface area contributed by atoms with Gasteiger partial charge in [0.05, 0.1) is 6.61 Å². The van der Waals surface area contributed by atoms with Gasteiger partial charge in [0.15, 0.2) is 5.78 Å². The van der Waals surface area contributed by atoms with Crippen molar-refractivity contribution in [2.24, 2.45) is 5.41 Å². The van der Waals surface area contributed by atoms with Crippen LogP contribution in [0.4, 0.5) is 0 Å². The van der Waals surface area contributed by atoms with Gasteiger partial charge in [0, 0.05) is 22.7 Å².